The maximum atomic E-state index is 13.0. The molecule has 1 aliphatic rings. The molecule has 126 valence electrons. The van der Waals surface area contributed by atoms with Gasteiger partial charge < -0.3 is 10.2 Å². The molecule has 2 heterocycles. The zero-order valence-electron chi connectivity index (χ0n) is 14.4. The standard InChI is InChI=1S/C19H24N4O/c1-3-4-11-20-19-21-14(2)13-16(22-19)18(24)23-12-7-9-15-8-5-6-10-17(15)23/h5-6,8,10,13H,3-4,7,9,11-12H2,1-2H3,(H,20,21,22). The van der Waals surface area contributed by atoms with Gasteiger partial charge in [-0.3, -0.25) is 4.79 Å². The average Bonchev–Trinajstić information content (AvgIpc) is 2.60. The molecule has 0 fully saturated rings. The minimum absolute atomic E-state index is 0.0498. The summed E-state index contributed by atoms with van der Waals surface area (Å²) in [7, 11) is 0. The SMILES string of the molecule is CCCCNc1nc(C)cc(C(=O)N2CCCc3ccccc32)n1. The van der Waals surface area contributed by atoms with Crippen LogP contribution in [0.1, 0.15) is 47.9 Å². The third kappa shape index (κ3) is 3.55. The quantitative estimate of drug-likeness (QED) is 0.854. The van der Waals surface area contributed by atoms with Crippen molar-refractivity contribution in [2.75, 3.05) is 23.3 Å². The summed E-state index contributed by atoms with van der Waals surface area (Å²) in [4.78, 5) is 23.7. The molecule has 0 radical (unpaired) electrons. The van der Waals surface area contributed by atoms with Gasteiger partial charge in [-0.15, -0.1) is 0 Å². The molecule has 5 nitrogen and oxygen atoms in total. The number of para-hydroxylation sites is 1. The fraction of sp³-hybridized carbons (Fsp3) is 0.421. The Balaban J connectivity index is 1.85. The summed E-state index contributed by atoms with van der Waals surface area (Å²) in [6.07, 6.45) is 4.16. The third-order valence-electron chi connectivity index (χ3n) is 4.24. The lowest BCUT2D eigenvalue weighted by Gasteiger charge is -2.29. The molecule has 1 amide bonds. The molecule has 0 bridgehead atoms. The van der Waals surface area contributed by atoms with Crippen molar-refractivity contribution < 1.29 is 4.79 Å². The van der Waals surface area contributed by atoms with Crippen molar-refractivity contribution in [2.45, 2.75) is 39.5 Å². The van der Waals surface area contributed by atoms with Crippen LogP contribution in [0.4, 0.5) is 11.6 Å². The number of nitrogens with zero attached hydrogens (tertiary/aromatic N) is 3. The number of aryl methyl sites for hydroxylation is 2. The predicted octanol–water partition coefficient (Wildman–Crippen LogP) is 3.59. The number of unbranched alkanes of at least 4 members (excludes halogenated alkanes) is 1. The van der Waals surface area contributed by atoms with Gasteiger partial charge in [0.25, 0.3) is 5.91 Å². The fourth-order valence-electron chi connectivity index (χ4n) is 3.02. The first-order chi connectivity index (χ1) is 11.7. The number of carbonyl (C=O) groups excluding carboxylic acids is 1. The topological polar surface area (TPSA) is 58.1 Å². The Morgan fingerprint density at radius 3 is 2.96 bits per heavy atom. The molecule has 0 aliphatic carbocycles. The van der Waals surface area contributed by atoms with E-state index < -0.39 is 0 Å². The molecule has 0 unspecified atom stereocenters. The van der Waals surface area contributed by atoms with Crippen molar-refractivity contribution in [1.29, 1.82) is 0 Å². The molecule has 1 aromatic carbocycles. The van der Waals surface area contributed by atoms with Crippen molar-refractivity contribution >= 4 is 17.5 Å². The van der Waals surface area contributed by atoms with Crippen LogP contribution in [0, 0.1) is 6.92 Å². The van der Waals surface area contributed by atoms with E-state index in [9.17, 15) is 4.79 Å². The highest BCUT2D eigenvalue weighted by atomic mass is 16.2. The fourth-order valence-corrected chi connectivity index (χ4v) is 3.02. The Kier molecular flexibility index (Phi) is 5.08. The second-order valence-electron chi connectivity index (χ2n) is 6.19. The molecule has 24 heavy (non-hydrogen) atoms. The first-order valence-electron chi connectivity index (χ1n) is 8.68. The van der Waals surface area contributed by atoms with Crippen LogP contribution in [0.2, 0.25) is 0 Å². The van der Waals surface area contributed by atoms with Crippen LogP contribution in [0.25, 0.3) is 0 Å². The minimum atomic E-state index is -0.0498. The number of anilines is 2. The number of fused-ring (bicyclic) bond motifs is 1. The van der Waals surface area contributed by atoms with Gasteiger partial charge in [0.05, 0.1) is 0 Å². The molecular weight excluding hydrogens is 300 g/mol. The van der Waals surface area contributed by atoms with Crippen molar-refractivity contribution in [2.24, 2.45) is 0 Å². The van der Waals surface area contributed by atoms with E-state index in [1.165, 1.54) is 5.56 Å². The zero-order chi connectivity index (χ0) is 16.9. The maximum Gasteiger partial charge on any atom is 0.277 e. The highest BCUT2D eigenvalue weighted by molar-refractivity contribution is 6.05. The van der Waals surface area contributed by atoms with Crippen LogP contribution >= 0.6 is 0 Å². The average molecular weight is 324 g/mol. The Hall–Kier alpha value is -2.43. The summed E-state index contributed by atoms with van der Waals surface area (Å²) in [5, 5.41) is 3.21. The molecular formula is C19H24N4O. The number of hydrogen-bond acceptors (Lipinski definition) is 4. The number of hydrogen-bond donors (Lipinski definition) is 1. The normalized spacial score (nSPS) is 13.5. The van der Waals surface area contributed by atoms with E-state index in [0.717, 1.165) is 50.2 Å². The maximum absolute atomic E-state index is 13.0. The van der Waals surface area contributed by atoms with Gasteiger partial charge in [-0.05, 0) is 43.9 Å². The van der Waals surface area contributed by atoms with Gasteiger partial charge in [0, 0.05) is 24.5 Å². The number of nitrogens with one attached hydrogen (secondary N) is 1. The van der Waals surface area contributed by atoms with E-state index in [2.05, 4.69) is 28.3 Å². The van der Waals surface area contributed by atoms with E-state index >= 15 is 0 Å². The van der Waals surface area contributed by atoms with E-state index in [-0.39, 0.29) is 5.91 Å². The Labute approximate surface area is 143 Å². The van der Waals surface area contributed by atoms with Gasteiger partial charge in [0.1, 0.15) is 5.69 Å². The third-order valence-corrected chi connectivity index (χ3v) is 4.24. The van der Waals surface area contributed by atoms with Gasteiger partial charge in [0.15, 0.2) is 0 Å². The molecule has 3 rings (SSSR count). The van der Waals surface area contributed by atoms with Crippen LogP contribution < -0.4 is 10.2 Å². The molecule has 0 atom stereocenters. The molecule has 5 heteroatoms. The van der Waals surface area contributed by atoms with Crippen LogP contribution in [-0.2, 0) is 6.42 Å². The molecule has 1 aliphatic heterocycles. The van der Waals surface area contributed by atoms with Gasteiger partial charge in [-0.2, -0.15) is 0 Å². The molecule has 0 spiro atoms. The van der Waals surface area contributed by atoms with Gasteiger partial charge in [-0.1, -0.05) is 31.5 Å². The summed E-state index contributed by atoms with van der Waals surface area (Å²) in [5.74, 6) is 0.489. The van der Waals surface area contributed by atoms with Crippen LogP contribution in [-0.4, -0.2) is 29.0 Å². The lowest BCUT2D eigenvalue weighted by Crippen LogP contribution is -2.36. The van der Waals surface area contributed by atoms with Crippen LogP contribution in [0.5, 0.6) is 0 Å². The van der Waals surface area contributed by atoms with Crippen molar-refractivity contribution in [3.8, 4) is 0 Å². The lowest BCUT2D eigenvalue weighted by atomic mass is 10.0. The monoisotopic (exact) mass is 324 g/mol. The number of aromatic nitrogens is 2. The molecule has 2 aromatic rings. The second-order valence-corrected chi connectivity index (χ2v) is 6.19. The highest BCUT2D eigenvalue weighted by Crippen LogP contribution is 2.28. The molecule has 0 saturated carbocycles. The Bertz CT molecular complexity index is 729. The van der Waals surface area contributed by atoms with Crippen molar-refractivity contribution in [3.05, 3.63) is 47.3 Å². The van der Waals surface area contributed by atoms with E-state index in [1.54, 1.807) is 6.07 Å². The van der Waals surface area contributed by atoms with E-state index in [0.29, 0.717) is 11.6 Å². The van der Waals surface area contributed by atoms with Crippen LogP contribution in [0.3, 0.4) is 0 Å². The van der Waals surface area contributed by atoms with Crippen molar-refractivity contribution in [3.63, 3.8) is 0 Å². The summed E-state index contributed by atoms with van der Waals surface area (Å²) in [6.45, 7) is 5.59. The molecule has 0 saturated heterocycles. The summed E-state index contributed by atoms with van der Waals surface area (Å²) in [6, 6.07) is 9.88. The smallest absolute Gasteiger partial charge is 0.277 e. The number of amides is 1. The van der Waals surface area contributed by atoms with Gasteiger partial charge in [-0.25, -0.2) is 9.97 Å². The van der Waals surface area contributed by atoms with E-state index in [4.69, 9.17) is 0 Å². The predicted molar refractivity (Wildman–Crippen MR) is 96.6 cm³/mol. The molecule has 1 aromatic heterocycles. The van der Waals surface area contributed by atoms with Gasteiger partial charge in [0.2, 0.25) is 5.95 Å². The number of rotatable bonds is 5. The van der Waals surface area contributed by atoms with Gasteiger partial charge >= 0.3 is 0 Å². The number of benzene rings is 1. The Morgan fingerprint density at radius 1 is 1.29 bits per heavy atom. The largest absolute Gasteiger partial charge is 0.354 e. The zero-order valence-corrected chi connectivity index (χ0v) is 14.4. The first-order valence-corrected chi connectivity index (χ1v) is 8.68. The van der Waals surface area contributed by atoms with Crippen LogP contribution in [0.15, 0.2) is 30.3 Å². The summed E-state index contributed by atoms with van der Waals surface area (Å²) >= 11 is 0. The second kappa shape index (κ2) is 7.43. The number of carbonyl (C=O) groups is 1. The molecule has 1 N–H and O–H groups in total. The summed E-state index contributed by atoms with van der Waals surface area (Å²) < 4.78 is 0. The minimum Gasteiger partial charge on any atom is -0.354 e. The Morgan fingerprint density at radius 2 is 2.12 bits per heavy atom. The van der Waals surface area contributed by atoms with Crippen molar-refractivity contribution in [1.82, 2.24) is 9.97 Å². The summed E-state index contributed by atoms with van der Waals surface area (Å²) in [5.41, 5.74) is 3.49. The first kappa shape index (κ1) is 16.4. The highest BCUT2D eigenvalue weighted by Gasteiger charge is 2.24. The van der Waals surface area contributed by atoms with E-state index in [1.807, 2.05) is 30.0 Å². The lowest BCUT2D eigenvalue weighted by molar-refractivity contribution is 0.0980.